The first-order chi connectivity index (χ1) is 13.3. The summed E-state index contributed by atoms with van der Waals surface area (Å²) in [4.78, 5) is 38.5. The molecule has 0 saturated carbocycles. The highest BCUT2D eigenvalue weighted by Gasteiger charge is 2.35. The topological polar surface area (TPSA) is 68.2 Å². The van der Waals surface area contributed by atoms with Crippen LogP contribution in [0.4, 0.5) is 0 Å². The van der Waals surface area contributed by atoms with Gasteiger partial charge in [0.15, 0.2) is 0 Å². The maximum Gasteiger partial charge on any atom is 0.276 e. The number of carbonyl (C=O) groups is 2. The maximum absolute atomic E-state index is 13.2. The van der Waals surface area contributed by atoms with Crippen molar-refractivity contribution < 1.29 is 9.59 Å². The van der Waals surface area contributed by atoms with Crippen LogP contribution in [-0.4, -0.2) is 16.4 Å². The number of fused-ring (bicyclic) bond motifs is 1. The standard InChI is InChI=1S/C23H20N2O3/c1-23(2,3)16-11-7-8-12-17(16)25-18(26)13-15(14-9-5-4-6-10-14)19-20(25)22(28)24-21(19)27/h4-13H,1-3H3,(H,24,27,28). The summed E-state index contributed by atoms with van der Waals surface area (Å²) >= 11 is 0. The molecule has 5 heteroatoms. The monoisotopic (exact) mass is 372 g/mol. The third-order valence-electron chi connectivity index (χ3n) is 4.92. The number of carbonyl (C=O) groups excluding carboxylic acids is 2. The van der Waals surface area contributed by atoms with Gasteiger partial charge in [-0.25, -0.2) is 0 Å². The van der Waals surface area contributed by atoms with E-state index in [9.17, 15) is 14.4 Å². The predicted octanol–water partition coefficient (Wildman–Crippen LogP) is 3.69. The van der Waals surface area contributed by atoms with Crippen LogP contribution < -0.4 is 10.9 Å². The number of pyridine rings is 1. The first-order valence-corrected chi connectivity index (χ1v) is 9.10. The molecular formula is C23H20N2O3. The Bertz CT molecular complexity index is 1170. The number of rotatable bonds is 2. The molecule has 1 aromatic heterocycles. The second-order valence-electron chi connectivity index (χ2n) is 7.87. The van der Waals surface area contributed by atoms with Crippen LogP contribution in [0.2, 0.25) is 0 Å². The fourth-order valence-electron chi connectivity index (χ4n) is 3.67. The van der Waals surface area contributed by atoms with Gasteiger partial charge < -0.3 is 0 Å². The number of hydrogen-bond donors (Lipinski definition) is 1. The van der Waals surface area contributed by atoms with Crippen molar-refractivity contribution in [1.82, 2.24) is 9.88 Å². The Kier molecular flexibility index (Phi) is 4.03. The normalized spacial score (nSPS) is 13.4. The van der Waals surface area contributed by atoms with Crippen LogP contribution in [0.1, 0.15) is 47.2 Å². The summed E-state index contributed by atoms with van der Waals surface area (Å²) in [5.74, 6) is -1.04. The molecule has 4 rings (SSSR count). The number of imide groups is 1. The largest absolute Gasteiger partial charge is 0.287 e. The average molecular weight is 372 g/mol. The average Bonchev–Trinajstić information content (AvgIpc) is 2.95. The molecule has 1 aliphatic rings. The van der Waals surface area contributed by atoms with Crippen molar-refractivity contribution in [1.29, 1.82) is 0 Å². The molecule has 3 aromatic rings. The van der Waals surface area contributed by atoms with E-state index in [1.165, 1.54) is 10.6 Å². The van der Waals surface area contributed by atoms with Crippen LogP contribution in [0.3, 0.4) is 0 Å². The number of nitrogens with one attached hydrogen (secondary N) is 1. The minimum Gasteiger partial charge on any atom is -0.287 e. The highest BCUT2D eigenvalue weighted by Crippen LogP contribution is 2.32. The van der Waals surface area contributed by atoms with Gasteiger partial charge in [0.1, 0.15) is 5.69 Å². The molecule has 0 atom stereocenters. The van der Waals surface area contributed by atoms with E-state index < -0.39 is 11.8 Å². The van der Waals surface area contributed by atoms with Gasteiger partial charge in [-0.1, -0.05) is 69.3 Å². The molecule has 0 radical (unpaired) electrons. The van der Waals surface area contributed by atoms with Gasteiger partial charge >= 0.3 is 0 Å². The quantitative estimate of drug-likeness (QED) is 0.698. The molecule has 1 aliphatic heterocycles. The van der Waals surface area contributed by atoms with E-state index in [0.29, 0.717) is 11.3 Å². The summed E-state index contributed by atoms with van der Waals surface area (Å²) in [6.07, 6.45) is 0. The molecule has 0 unspecified atom stereocenters. The van der Waals surface area contributed by atoms with Crippen LogP contribution in [0.15, 0.2) is 65.5 Å². The van der Waals surface area contributed by atoms with Crippen molar-refractivity contribution in [3.05, 3.63) is 87.8 Å². The van der Waals surface area contributed by atoms with E-state index in [2.05, 4.69) is 5.32 Å². The van der Waals surface area contributed by atoms with Gasteiger partial charge in [0.05, 0.1) is 11.3 Å². The summed E-state index contributed by atoms with van der Waals surface area (Å²) < 4.78 is 1.36. The molecule has 0 saturated heterocycles. The van der Waals surface area contributed by atoms with E-state index in [4.69, 9.17) is 0 Å². The predicted molar refractivity (Wildman–Crippen MR) is 108 cm³/mol. The van der Waals surface area contributed by atoms with Crippen molar-refractivity contribution in [2.75, 3.05) is 0 Å². The van der Waals surface area contributed by atoms with Crippen molar-refractivity contribution in [3.63, 3.8) is 0 Å². The Balaban J connectivity index is 2.10. The molecule has 28 heavy (non-hydrogen) atoms. The summed E-state index contributed by atoms with van der Waals surface area (Å²) in [5, 5.41) is 2.35. The van der Waals surface area contributed by atoms with E-state index in [-0.39, 0.29) is 22.2 Å². The lowest BCUT2D eigenvalue weighted by Crippen LogP contribution is -2.28. The third kappa shape index (κ3) is 2.76. The molecule has 5 nitrogen and oxygen atoms in total. The number of aromatic nitrogens is 1. The molecule has 2 aromatic carbocycles. The molecule has 0 spiro atoms. The second kappa shape index (κ2) is 6.30. The molecule has 1 N–H and O–H groups in total. The maximum atomic E-state index is 13.2. The molecule has 0 fully saturated rings. The Labute approximate surface area is 162 Å². The van der Waals surface area contributed by atoms with Crippen LogP contribution >= 0.6 is 0 Å². The Morgan fingerprint density at radius 3 is 2.14 bits per heavy atom. The van der Waals surface area contributed by atoms with Gasteiger partial charge in [-0.05, 0) is 22.6 Å². The number of benzene rings is 2. The van der Waals surface area contributed by atoms with Gasteiger partial charge in [-0.3, -0.25) is 24.3 Å². The lowest BCUT2D eigenvalue weighted by molar-refractivity contribution is 0.0877. The van der Waals surface area contributed by atoms with E-state index in [1.807, 2.05) is 69.3 Å². The lowest BCUT2D eigenvalue weighted by Gasteiger charge is -2.24. The minimum absolute atomic E-state index is 0.0908. The molecule has 140 valence electrons. The van der Waals surface area contributed by atoms with Crippen molar-refractivity contribution in [2.45, 2.75) is 26.2 Å². The molecule has 2 amide bonds. The zero-order valence-electron chi connectivity index (χ0n) is 15.9. The summed E-state index contributed by atoms with van der Waals surface area (Å²) in [7, 11) is 0. The van der Waals surface area contributed by atoms with Gasteiger partial charge in [0, 0.05) is 11.6 Å². The van der Waals surface area contributed by atoms with Gasteiger partial charge in [0.2, 0.25) is 0 Å². The van der Waals surface area contributed by atoms with Crippen molar-refractivity contribution >= 4 is 11.8 Å². The van der Waals surface area contributed by atoms with Crippen molar-refractivity contribution in [3.8, 4) is 16.8 Å². The van der Waals surface area contributed by atoms with Crippen LogP contribution in [0, 0.1) is 0 Å². The van der Waals surface area contributed by atoms with Crippen LogP contribution in [0.5, 0.6) is 0 Å². The zero-order chi connectivity index (χ0) is 20.1. The minimum atomic E-state index is -0.557. The van der Waals surface area contributed by atoms with E-state index in [0.717, 1.165) is 11.1 Å². The van der Waals surface area contributed by atoms with E-state index in [1.54, 1.807) is 6.07 Å². The van der Waals surface area contributed by atoms with E-state index >= 15 is 0 Å². The van der Waals surface area contributed by atoms with Crippen molar-refractivity contribution in [2.24, 2.45) is 0 Å². The second-order valence-corrected chi connectivity index (χ2v) is 7.87. The Morgan fingerprint density at radius 1 is 0.821 bits per heavy atom. The fourth-order valence-corrected chi connectivity index (χ4v) is 3.67. The highest BCUT2D eigenvalue weighted by atomic mass is 16.2. The molecule has 0 aliphatic carbocycles. The lowest BCUT2D eigenvalue weighted by atomic mass is 9.85. The number of hydrogen-bond acceptors (Lipinski definition) is 3. The van der Waals surface area contributed by atoms with Crippen LogP contribution in [0.25, 0.3) is 16.8 Å². The SMILES string of the molecule is CC(C)(C)c1ccccc1-n1c2c(c(-c3ccccc3)cc1=O)C(=O)NC2=O. The van der Waals surface area contributed by atoms with Gasteiger partial charge in [-0.2, -0.15) is 0 Å². The smallest absolute Gasteiger partial charge is 0.276 e. The fraction of sp³-hybridized carbons (Fsp3) is 0.174. The number of para-hydroxylation sites is 1. The molecular weight excluding hydrogens is 352 g/mol. The first-order valence-electron chi connectivity index (χ1n) is 9.10. The highest BCUT2D eigenvalue weighted by molar-refractivity contribution is 6.23. The zero-order valence-corrected chi connectivity index (χ0v) is 15.9. The van der Waals surface area contributed by atoms with Gasteiger partial charge in [0.25, 0.3) is 17.4 Å². The Hall–Kier alpha value is -3.47. The summed E-state index contributed by atoms with van der Waals surface area (Å²) in [6.45, 7) is 6.13. The van der Waals surface area contributed by atoms with Gasteiger partial charge in [-0.15, -0.1) is 0 Å². The third-order valence-corrected chi connectivity index (χ3v) is 4.92. The molecule has 0 bridgehead atoms. The Morgan fingerprint density at radius 2 is 1.46 bits per heavy atom. The summed E-state index contributed by atoms with van der Waals surface area (Å²) in [6, 6.07) is 18.1. The van der Waals surface area contributed by atoms with Crippen LogP contribution in [-0.2, 0) is 5.41 Å². The summed E-state index contributed by atoms with van der Waals surface area (Å²) in [5.41, 5.74) is 2.44. The molecule has 2 heterocycles. The number of amides is 2. The first kappa shape index (κ1) is 17.9. The number of nitrogens with zero attached hydrogens (tertiary/aromatic N) is 1.